The lowest BCUT2D eigenvalue weighted by molar-refractivity contribution is -0.120. The molecule has 0 saturated carbocycles. The van der Waals surface area contributed by atoms with E-state index in [2.05, 4.69) is 26.6 Å². The van der Waals surface area contributed by atoms with Crippen molar-refractivity contribution in [2.24, 2.45) is 0 Å². The number of aryl methyl sites for hydroxylation is 1. The Balaban J connectivity index is 0.000000313. The fourth-order valence-corrected chi connectivity index (χ4v) is 2.88. The van der Waals surface area contributed by atoms with E-state index in [0.717, 1.165) is 10.0 Å². The summed E-state index contributed by atoms with van der Waals surface area (Å²) in [5.74, 6) is 0.230. The van der Waals surface area contributed by atoms with Crippen molar-refractivity contribution in [2.75, 3.05) is 12.4 Å². The number of carbonyl (C=O) groups excluding carboxylic acids is 2. The number of hydrogen-bond acceptors (Lipinski definition) is 3. The predicted molar refractivity (Wildman–Crippen MR) is 106 cm³/mol. The van der Waals surface area contributed by atoms with Crippen molar-refractivity contribution < 1.29 is 18.7 Å². The van der Waals surface area contributed by atoms with Gasteiger partial charge in [-0.1, -0.05) is 18.2 Å². The number of rotatable bonds is 3. The van der Waals surface area contributed by atoms with E-state index in [0.29, 0.717) is 29.9 Å². The Hall–Kier alpha value is -2.67. The van der Waals surface area contributed by atoms with Gasteiger partial charge < -0.3 is 15.4 Å². The van der Waals surface area contributed by atoms with Gasteiger partial charge in [0.2, 0.25) is 5.91 Å². The second-order valence-electron chi connectivity index (χ2n) is 5.79. The molecule has 27 heavy (non-hydrogen) atoms. The topological polar surface area (TPSA) is 67.4 Å². The molecule has 0 saturated heterocycles. The minimum absolute atomic E-state index is 0.0697. The van der Waals surface area contributed by atoms with Gasteiger partial charge in [-0.3, -0.25) is 9.59 Å². The van der Waals surface area contributed by atoms with E-state index in [1.807, 2.05) is 13.0 Å². The molecule has 0 aliphatic carbocycles. The zero-order chi connectivity index (χ0) is 19.8. The number of methoxy groups -OCH3 is 1. The number of anilines is 1. The standard InChI is InChI=1S/C14H15BrN2O3.C6H5F/c1-8-5-10(15)11(6-12(8)20-2)17-14(19)9-3-4-13(18)16-7-9;7-6-4-2-1-3-5-6/h5-7H,3-4H2,1-2H3,(H,16,18)(H,17,19);1-5H. The SMILES string of the molecule is COc1cc(NC(=O)C2=CNC(=O)CC2)c(Br)cc1C.Fc1ccccc1. The number of nitrogens with one attached hydrogen (secondary N) is 2. The molecule has 0 radical (unpaired) electrons. The Morgan fingerprint density at radius 3 is 2.44 bits per heavy atom. The molecular weight excluding hydrogens is 415 g/mol. The molecule has 142 valence electrons. The molecule has 3 rings (SSSR count). The van der Waals surface area contributed by atoms with Crippen molar-refractivity contribution in [2.45, 2.75) is 19.8 Å². The quantitative estimate of drug-likeness (QED) is 0.755. The second-order valence-corrected chi connectivity index (χ2v) is 6.64. The average Bonchev–Trinajstić information content (AvgIpc) is 2.65. The van der Waals surface area contributed by atoms with Crippen LogP contribution in [-0.2, 0) is 9.59 Å². The maximum absolute atomic E-state index is 12.1. The molecule has 7 heteroatoms. The van der Waals surface area contributed by atoms with E-state index < -0.39 is 0 Å². The van der Waals surface area contributed by atoms with Gasteiger partial charge >= 0.3 is 0 Å². The van der Waals surface area contributed by atoms with E-state index >= 15 is 0 Å². The van der Waals surface area contributed by atoms with Gasteiger partial charge in [0.05, 0.1) is 12.8 Å². The number of amides is 2. The summed E-state index contributed by atoms with van der Waals surface area (Å²) in [6, 6.07) is 11.6. The van der Waals surface area contributed by atoms with Crippen molar-refractivity contribution in [3.8, 4) is 5.75 Å². The molecule has 0 atom stereocenters. The summed E-state index contributed by atoms with van der Waals surface area (Å²) < 4.78 is 17.9. The number of ether oxygens (including phenoxy) is 1. The summed E-state index contributed by atoms with van der Waals surface area (Å²) in [7, 11) is 1.58. The third-order valence-electron chi connectivity index (χ3n) is 3.79. The molecule has 5 nitrogen and oxygen atoms in total. The highest BCUT2D eigenvalue weighted by Crippen LogP contribution is 2.31. The highest BCUT2D eigenvalue weighted by molar-refractivity contribution is 9.10. The summed E-state index contributed by atoms with van der Waals surface area (Å²) in [5.41, 5.74) is 2.16. The second kappa shape index (κ2) is 9.87. The summed E-state index contributed by atoms with van der Waals surface area (Å²) in [6.45, 7) is 1.92. The van der Waals surface area contributed by atoms with Gasteiger partial charge in [0.15, 0.2) is 0 Å². The van der Waals surface area contributed by atoms with Crippen molar-refractivity contribution >= 4 is 33.4 Å². The van der Waals surface area contributed by atoms with Crippen LogP contribution in [0.4, 0.5) is 10.1 Å². The number of halogens is 2. The Morgan fingerprint density at radius 1 is 1.22 bits per heavy atom. The van der Waals surface area contributed by atoms with Gasteiger partial charge in [0.1, 0.15) is 11.6 Å². The van der Waals surface area contributed by atoms with Crippen molar-refractivity contribution in [1.29, 1.82) is 0 Å². The molecule has 0 bridgehead atoms. The van der Waals surface area contributed by atoms with Gasteiger partial charge in [0.25, 0.3) is 5.91 Å². The lowest BCUT2D eigenvalue weighted by Crippen LogP contribution is -2.26. The van der Waals surface area contributed by atoms with Gasteiger partial charge in [0, 0.05) is 28.7 Å². The van der Waals surface area contributed by atoms with Crippen molar-refractivity contribution in [3.05, 3.63) is 70.1 Å². The summed E-state index contributed by atoms with van der Waals surface area (Å²) in [5, 5.41) is 5.36. The Labute approximate surface area is 165 Å². The number of carbonyl (C=O) groups is 2. The van der Waals surface area contributed by atoms with Crippen LogP contribution in [0.1, 0.15) is 18.4 Å². The Kier molecular flexibility index (Phi) is 7.55. The fraction of sp³-hybridized carbons (Fsp3) is 0.200. The van der Waals surface area contributed by atoms with Crippen LogP contribution < -0.4 is 15.4 Å². The highest BCUT2D eigenvalue weighted by atomic mass is 79.9. The van der Waals surface area contributed by atoms with Crippen molar-refractivity contribution in [3.63, 3.8) is 0 Å². The zero-order valence-electron chi connectivity index (χ0n) is 15.0. The molecule has 1 aliphatic heterocycles. The largest absolute Gasteiger partial charge is 0.496 e. The summed E-state index contributed by atoms with van der Waals surface area (Å²) >= 11 is 3.41. The zero-order valence-corrected chi connectivity index (χ0v) is 16.6. The summed E-state index contributed by atoms with van der Waals surface area (Å²) in [4.78, 5) is 23.2. The van der Waals surface area contributed by atoms with Crippen LogP contribution in [-0.4, -0.2) is 18.9 Å². The lowest BCUT2D eigenvalue weighted by atomic mass is 10.1. The maximum Gasteiger partial charge on any atom is 0.253 e. The van der Waals surface area contributed by atoms with Gasteiger partial charge in [-0.2, -0.15) is 0 Å². The van der Waals surface area contributed by atoms with Gasteiger partial charge in [-0.15, -0.1) is 0 Å². The lowest BCUT2D eigenvalue weighted by Gasteiger charge is -2.15. The van der Waals surface area contributed by atoms with Crippen LogP contribution >= 0.6 is 15.9 Å². The van der Waals surface area contributed by atoms with Crippen LogP contribution in [0.5, 0.6) is 5.75 Å². The first-order chi connectivity index (χ1) is 12.9. The number of hydrogen-bond donors (Lipinski definition) is 2. The summed E-state index contributed by atoms with van der Waals surface area (Å²) in [6.07, 6.45) is 2.23. The first-order valence-corrected chi connectivity index (χ1v) is 9.04. The van der Waals surface area contributed by atoms with Crippen molar-refractivity contribution in [1.82, 2.24) is 5.32 Å². The maximum atomic E-state index is 12.1. The third kappa shape index (κ3) is 6.21. The van der Waals surface area contributed by atoms with E-state index in [1.54, 1.807) is 31.4 Å². The molecule has 2 amide bonds. The van der Waals surface area contributed by atoms with Crippen LogP contribution in [0.25, 0.3) is 0 Å². The molecule has 2 aromatic carbocycles. The molecule has 0 fully saturated rings. The van der Waals surface area contributed by atoms with Crippen LogP contribution in [0, 0.1) is 12.7 Å². The molecular formula is C20H20BrFN2O3. The highest BCUT2D eigenvalue weighted by Gasteiger charge is 2.17. The van der Waals surface area contributed by atoms with E-state index in [4.69, 9.17) is 4.74 Å². The monoisotopic (exact) mass is 434 g/mol. The van der Waals surface area contributed by atoms with Crippen LogP contribution in [0.15, 0.2) is 58.7 Å². The van der Waals surface area contributed by atoms with E-state index in [-0.39, 0.29) is 17.6 Å². The Bertz CT molecular complexity index is 854. The number of benzene rings is 2. The van der Waals surface area contributed by atoms with E-state index in [9.17, 15) is 14.0 Å². The predicted octanol–water partition coefficient (Wildman–Crippen LogP) is 4.32. The minimum atomic E-state index is -0.225. The molecule has 0 spiro atoms. The normalized spacial score (nSPS) is 12.9. The van der Waals surface area contributed by atoms with Gasteiger partial charge in [-0.05, 0) is 53.0 Å². The smallest absolute Gasteiger partial charge is 0.253 e. The third-order valence-corrected chi connectivity index (χ3v) is 4.44. The fourth-order valence-electron chi connectivity index (χ4n) is 2.33. The van der Waals surface area contributed by atoms with Crippen LogP contribution in [0.3, 0.4) is 0 Å². The first-order valence-electron chi connectivity index (χ1n) is 8.25. The van der Waals surface area contributed by atoms with Gasteiger partial charge in [-0.25, -0.2) is 4.39 Å². The first kappa shape index (κ1) is 20.6. The van der Waals surface area contributed by atoms with E-state index in [1.165, 1.54) is 18.3 Å². The van der Waals surface area contributed by atoms with Crippen LogP contribution in [0.2, 0.25) is 0 Å². The molecule has 1 aliphatic rings. The minimum Gasteiger partial charge on any atom is -0.496 e. The molecule has 2 N–H and O–H groups in total. The average molecular weight is 435 g/mol. The molecule has 2 aromatic rings. The molecule has 0 unspecified atom stereocenters. The molecule has 0 aromatic heterocycles. The molecule has 1 heterocycles. The Morgan fingerprint density at radius 2 is 1.93 bits per heavy atom.